The Kier molecular flexibility index (Phi) is 7.77. The van der Waals surface area contributed by atoms with Gasteiger partial charge in [0, 0.05) is 17.7 Å². The molecule has 0 saturated heterocycles. The summed E-state index contributed by atoms with van der Waals surface area (Å²) in [5.74, 6) is 2.72. The van der Waals surface area contributed by atoms with Crippen molar-refractivity contribution in [2.24, 2.45) is 5.92 Å². The predicted molar refractivity (Wildman–Crippen MR) is 136 cm³/mol. The normalized spacial score (nSPS) is 17.9. The van der Waals surface area contributed by atoms with Crippen LogP contribution < -0.4 is 14.8 Å². The SMILES string of the molecule is COc1ccc(OC)c(NC(=O)CSc2nnc(-c3cccc(C)c3)n2[C@H]2CCCC[C@H]2C)c1. The molecule has 0 aliphatic heterocycles. The number of carbonyl (C=O) groups excluding carboxylic acids is 1. The van der Waals surface area contributed by atoms with E-state index in [-0.39, 0.29) is 11.7 Å². The monoisotopic (exact) mass is 480 g/mol. The van der Waals surface area contributed by atoms with E-state index >= 15 is 0 Å². The number of methoxy groups -OCH3 is 2. The Hall–Kier alpha value is -3.00. The fraction of sp³-hybridized carbons (Fsp3) is 0.423. The highest BCUT2D eigenvalue weighted by atomic mass is 32.2. The van der Waals surface area contributed by atoms with E-state index < -0.39 is 0 Å². The molecule has 1 fully saturated rings. The number of nitrogens with zero attached hydrogens (tertiary/aromatic N) is 3. The fourth-order valence-electron chi connectivity index (χ4n) is 4.56. The molecule has 1 N–H and O–H groups in total. The van der Waals surface area contributed by atoms with Gasteiger partial charge in [-0.2, -0.15) is 0 Å². The number of thioether (sulfide) groups is 1. The largest absolute Gasteiger partial charge is 0.497 e. The summed E-state index contributed by atoms with van der Waals surface area (Å²) in [7, 11) is 3.17. The number of carbonyl (C=O) groups is 1. The third kappa shape index (κ3) is 5.38. The average Bonchev–Trinajstić information content (AvgIpc) is 3.26. The van der Waals surface area contributed by atoms with Crippen molar-refractivity contribution in [3.63, 3.8) is 0 Å². The smallest absolute Gasteiger partial charge is 0.234 e. The minimum Gasteiger partial charge on any atom is -0.497 e. The zero-order chi connectivity index (χ0) is 24.1. The summed E-state index contributed by atoms with van der Waals surface area (Å²) in [6.07, 6.45) is 4.74. The summed E-state index contributed by atoms with van der Waals surface area (Å²) in [6.45, 7) is 4.39. The molecule has 3 aromatic rings. The van der Waals surface area contributed by atoms with Gasteiger partial charge in [0.05, 0.1) is 25.7 Å². The second-order valence-electron chi connectivity index (χ2n) is 8.78. The van der Waals surface area contributed by atoms with E-state index in [1.807, 2.05) is 0 Å². The number of rotatable bonds is 8. The van der Waals surface area contributed by atoms with Gasteiger partial charge in [-0.05, 0) is 43.9 Å². The van der Waals surface area contributed by atoms with Crippen molar-refractivity contribution in [2.45, 2.75) is 50.7 Å². The number of amides is 1. The minimum atomic E-state index is -0.139. The van der Waals surface area contributed by atoms with Crippen LogP contribution in [0.25, 0.3) is 11.4 Å². The van der Waals surface area contributed by atoms with E-state index in [0.29, 0.717) is 29.1 Å². The van der Waals surface area contributed by atoms with Gasteiger partial charge in [0.2, 0.25) is 5.91 Å². The Labute approximate surface area is 205 Å². The number of aromatic nitrogens is 3. The molecular formula is C26H32N4O3S. The number of hydrogen-bond donors (Lipinski definition) is 1. The van der Waals surface area contributed by atoms with Crippen molar-refractivity contribution in [2.75, 3.05) is 25.3 Å². The maximum Gasteiger partial charge on any atom is 0.234 e. The second kappa shape index (κ2) is 11.0. The molecule has 1 aliphatic carbocycles. The summed E-state index contributed by atoms with van der Waals surface area (Å²) in [6, 6.07) is 14.0. The molecule has 1 amide bonds. The molecule has 1 heterocycles. The number of hydrogen-bond acceptors (Lipinski definition) is 6. The first-order chi connectivity index (χ1) is 16.5. The number of ether oxygens (including phenoxy) is 2. The van der Waals surface area contributed by atoms with Gasteiger partial charge in [-0.1, -0.05) is 55.3 Å². The van der Waals surface area contributed by atoms with Crippen molar-refractivity contribution in [3.05, 3.63) is 48.0 Å². The molecule has 8 heteroatoms. The minimum absolute atomic E-state index is 0.139. The molecular weight excluding hydrogens is 448 g/mol. The summed E-state index contributed by atoms with van der Waals surface area (Å²) >= 11 is 1.42. The lowest BCUT2D eigenvalue weighted by Gasteiger charge is -2.31. The highest BCUT2D eigenvalue weighted by molar-refractivity contribution is 7.99. The summed E-state index contributed by atoms with van der Waals surface area (Å²) in [5.41, 5.74) is 2.82. The topological polar surface area (TPSA) is 78.3 Å². The van der Waals surface area contributed by atoms with Crippen molar-refractivity contribution < 1.29 is 14.3 Å². The Morgan fingerprint density at radius 3 is 2.68 bits per heavy atom. The van der Waals surface area contributed by atoms with Crippen molar-refractivity contribution in [1.82, 2.24) is 14.8 Å². The van der Waals surface area contributed by atoms with Crippen LogP contribution in [0.2, 0.25) is 0 Å². The first-order valence-electron chi connectivity index (χ1n) is 11.7. The van der Waals surface area contributed by atoms with Crippen molar-refractivity contribution >= 4 is 23.4 Å². The molecule has 0 spiro atoms. The maximum atomic E-state index is 12.8. The van der Waals surface area contributed by atoms with Gasteiger partial charge in [0.25, 0.3) is 0 Å². The van der Waals surface area contributed by atoms with Crippen LogP contribution in [0.3, 0.4) is 0 Å². The number of nitrogens with one attached hydrogen (secondary N) is 1. The molecule has 2 atom stereocenters. The Bertz CT molecular complexity index is 1150. The predicted octanol–water partition coefficient (Wildman–Crippen LogP) is 5.75. The number of anilines is 1. The summed E-state index contributed by atoms with van der Waals surface area (Å²) in [5, 5.41) is 12.8. The lowest BCUT2D eigenvalue weighted by atomic mass is 9.85. The highest BCUT2D eigenvalue weighted by Gasteiger charge is 2.29. The zero-order valence-corrected chi connectivity index (χ0v) is 21.0. The third-order valence-corrected chi connectivity index (χ3v) is 7.29. The van der Waals surface area contributed by atoms with E-state index in [1.54, 1.807) is 32.4 Å². The van der Waals surface area contributed by atoms with Crippen LogP contribution in [0.1, 0.15) is 44.2 Å². The lowest BCUT2D eigenvalue weighted by Crippen LogP contribution is -2.23. The van der Waals surface area contributed by atoms with Crippen molar-refractivity contribution in [1.29, 1.82) is 0 Å². The van der Waals surface area contributed by atoms with Gasteiger partial charge in [-0.15, -0.1) is 10.2 Å². The molecule has 34 heavy (non-hydrogen) atoms. The van der Waals surface area contributed by atoms with Gasteiger partial charge < -0.3 is 14.8 Å². The Morgan fingerprint density at radius 2 is 1.94 bits per heavy atom. The maximum absolute atomic E-state index is 12.8. The van der Waals surface area contributed by atoms with E-state index in [9.17, 15) is 4.79 Å². The molecule has 4 rings (SSSR count). The van der Waals surface area contributed by atoms with E-state index in [0.717, 1.165) is 23.0 Å². The van der Waals surface area contributed by atoms with Crippen LogP contribution in [0.4, 0.5) is 5.69 Å². The van der Waals surface area contributed by atoms with Crippen LogP contribution in [0, 0.1) is 12.8 Å². The van der Waals surface area contributed by atoms with E-state index in [1.165, 1.54) is 36.6 Å². The fourth-order valence-corrected chi connectivity index (χ4v) is 5.36. The highest BCUT2D eigenvalue weighted by Crippen LogP contribution is 2.39. The quantitative estimate of drug-likeness (QED) is 0.414. The molecule has 1 aliphatic rings. The first-order valence-corrected chi connectivity index (χ1v) is 12.7. The molecule has 2 aromatic carbocycles. The van der Waals surface area contributed by atoms with Gasteiger partial charge >= 0.3 is 0 Å². The average molecular weight is 481 g/mol. The summed E-state index contributed by atoms with van der Waals surface area (Å²) in [4.78, 5) is 12.8. The van der Waals surface area contributed by atoms with Crippen LogP contribution >= 0.6 is 11.8 Å². The van der Waals surface area contributed by atoms with Crippen LogP contribution in [0.15, 0.2) is 47.6 Å². The molecule has 0 bridgehead atoms. The zero-order valence-electron chi connectivity index (χ0n) is 20.2. The molecule has 0 unspecified atom stereocenters. The second-order valence-corrected chi connectivity index (χ2v) is 9.72. The molecule has 180 valence electrons. The van der Waals surface area contributed by atoms with Gasteiger partial charge in [-0.25, -0.2) is 0 Å². The molecule has 7 nitrogen and oxygen atoms in total. The van der Waals surface area contributed by atoms with Gasteiger partial charge in [-0.3, -0.25) is 9.36 Å². The van der Waals surface area contributed by atoms with E-state index in [2.05, 4.69) is 58.2 Å². The molecule has 1 aromatic heterocycles. The number of aryl methyl sites for hydroxylation is 1. The van der Waals surface area contributed by atoms with Gasteiger partial charge in [0.15, 0.2) is 11.0 Å². The molecule has 1 saturated carbocycles. The van der Waals surface area contributed by atoms with Gasteiger partial charge in [0.1, 0.15) is 11.5 Å². The Morgan fingerprint density at radius 1 is 1.12 bits per heavy atom. The Balaban J connectivity index is 1.57. The van der Waals surface area contributed by atoms with Crippen LogP contribution in [0.5, 0.6) is 11.5 Å². The van der Waals surface area contributed by atoms with Crippen LogP contribution in [-0.2, 0) is 4.79 Å². The molecule has 0 radical (unpaired) electrons. The lowest BCUT2D eigenvalue weighted by molar-refractivity contribution is -0.113. The summed E-state index contributed by atoms with van der Waals surface area (Å²) < 4.78 is 12.9. The number of benzene rings is 2. The van der Waals surface area contributed by atoms with E-state index in [4.69, 9.17) is 9.47 Å². The van der Waals surface area contributed by atoms with Crippen LogP contribution in [-0.4, -0.2) is 40.6 Å². The third-order valence-electron chi connectivity index (χ3n) is 6.35. The van der Waals surface area contributed by atoms with Crippen molar-refractivity contribution in [3.8, 4) is 22.9 Å². The first kappa shape index (κ1) is 24.1. The standard InChI is InChI=1S/C26H32N4O3S/c1-17-8-7-10-19(14-17)25-28-29-26(30(25)22-11-6-5-9-18(22)2)34-16-24(31)27-21-15-20(32-3)12-13-23(21)33-4/h7-8,10,12-15,18,22H,5-6,9,11,16H2,1-4H3,(H,27,31)/t18-,22+/m1/s1.